The Balaban J connectivity index is 1.36. The molecule has 2 aliphatic rings. The topological polar surface area (TPSA) is 151 Å². The summed E-state index contributed by atoms with van der Waals surface area (Å²) in [7, 11) is -3.57. The van der Waals surface area contributed by atoms with Gasteiger partial charge < -0.3 is 9.32 Å². The van der Waals surface area contributed by atoms with E-state index >= 15 is 0 Å². The van der Waals surface area contributed by atoms with Crippen molar-refractivity contribution < 1.29 is 27.3 Å². The highest BCUT2D eigenvalue weighted by molar-refractivity contribution is 7.88. The molecule has 2 heterocycles. The van der Waals surface area contributed by atoms with Crippen LogP contribution in [0.1, 0.15) is 64.7 Å². The second kappa shape index (κ2) is 12.2. The normalized spacial score (nSPS) is 22.1. The van der Waals surface area contributed by atoms with Crippen LogP contribution in [-0.4, -0.2) is 48.5 Å². The Morgan fingerprint density at radius 3 is 2.59 bits per heavy atom. The molecule has 1 aromatic heterocycles. The first-order valence-corrected chi connectivity index (χ1v) is 16.5. The van der Waals surface area contributed by atoms with Crippen LogP contribution in [0, 0.1) is 0 Å². The van der Waals surface area contributed by atoms with Gasteiger partial charge in [-0.2, -0.15) is 0 Å². The van der Waals surface area contributed by atoms with Crippen LogP contribution >= 0.6 is 11.6 Å². The summed E-state index contributed by atoms with van der Waals surface area (Å²) in [6.07, 6.45) is 3.84. The summed E-state index contributed by atoms with van der Waals surface area (Å²) in [5.41, 5.74) is 5.73. The fraction of sp³-hybridized carbons (Fsp3) is 0.323. The number of amides is 2. The number of benzene rings is 3. The maximum atomic E-state index is 14.3. The summed E-state index contributed by atoms with van der Waals surface area (Å²) in [6.45, 7) is -0.0117. The number of aromatic nitrogens is 1. The zero-order chi connectivity index (χ0) is 31.0. The highest BCUT2D eigenvalue weighted by Gasteiger charge is 2.49. The van der Waals surface area contributed by atoms with Gasteiger partial charge in [0.2, 0.25) is 10.0 Å². The molecule has 11 nitrogen and oxygen atoms in total. The first-order chi connectivity index (χ1) is 21.1. The number of carbonyl (C=O) groups is 2. The predicted octanol–water partition coefficient (Wildman–Crippen LogP) is 4.16. The average Bonchev–Trinajstić information content (AvgIpc) is 3.36. The Kier molecular flexibility index (Phi) is 8.34. The molecule has 2 amide bonds. The molecule has 0 saturated heterocycles. The number of oxazole rings is 1. The number of nitrogens with one attached hydrogen (secondary N) is 3. The molecule has 1 saturated carbocycles. The van der Waals surface area contributed by atoms with E-state index in [1.54, 1.807) is 71.6 Å². The average molecular weight is 639 g/mol. The lowest BCUT2D eigenvalue weighted by Gasteiger charge is -2.49. The summed E-state index contributed by atoms with van der Waals surface area (Å²) in [4.78, 5) is 49.8. The van der Waals surface area contributed by atoms with Gasteiger partial charge in [-0.15, -0.1) is 0 Å². The highest BCUT2D eigenvalue weighted by Crippen LogP contribution is 2.46. The number of carbonyl (C=O) groups excluding carboxylic acids is 2. The summed E-state index contributed by atoms with van der Waals surface area (Å²) >= 11 is 6.22. The van der Waals surface area contributed by atoms with Gasteiger partial charge in [0.15, 0.2) is 5.58 Å². The zero-order valence-electron chi connectivity index (χ0n) is 23.8. The van der Waals surface area contributed by atoms with Crippen LogP contribution < -0.4 is 16.0 Å². The smallest absolute Gasteiger partial charge is 0.408 e. The van der Waals surface area contributed by atoms with E-state index in [1.165, 1.54) is 0 Å². The van der Waals surface area contributed by atoms with E-state index in [1.807, 2.05) is 0 Å². The number of nitrogens with zero attached hydrogens (tertiary/aromatic N) is 1. The van der Waals surface area contributed by atoms with Crippen LogP contribution in [0.3, 0.4) is 0 Å². The van der Waals surface area contributed by atoms with Gasteiger partial charge in [0.25, 0.3) is 11.8 Å². The molecular weight excluding hydrogens is 608 g/mol. The maximum absolute atomic E-state index is 14.3. The molecular formula is C31H31ClN4O7S. The Morgan fingerprint density at radius 2 is 1.82 bits per heavy atom. The van der Waals surface area contributed by atoms with Crippen molar-refractivity contribution in [3.05, 3.63) is 105 Å². The summed E-state index contributed by atoms with van der Waals surface area (Å²) in [5.74, 6) is -2.22. The Labute approximate surface area is 258 Å². The molecule has 3 N–H and O–H groups in total. The molecule has 4 atom stereocenters. The molecule has 230 valence electrons. The number of halogens is 1. The first-order valence-electron chi connectivity index (χ1n) is 14.3. The SMILES string of the molecule is CS(=O)(=O)N[C@H]1CCCCC1N1C(=O)c2ccccc2[C@@H](C(=O)NOCc2ccc3[nH]c(=O)oc3c2)[C@@H]1c1ccc(Cl)cc1. The third-order valence-electron chi connectivity index (χ3n) is 8.22. The quantitative estimate of drug-likeness (QED) is 0.245. The molecule has 13 heteroatoms. The van der Waals surface area contributed by atoms with Gasteiger partial charge in [-0.05, 0) is 59.9 Å². The number of aromatic amines is 1. The molecule has 0 spiro atoms. The minimum absolute atomic E-state index is 0.0117. The van der Waals surface area contributed by atoms with Gasteiger partial charge in [-0.3, -0.25) is 19.4 Å². The Bertz CT molecular complexity index is 1870. The van der Waals surface area contributed by atoms with Crippen molar-refractivity contribution in [2.75, 3.05) is 6.26 Å². The predicted molar refractivity (Wildman–Crippen MR) is 163 cm³/mol. The van der Waals surface area contributed by atoms with Gasteiger partial charge in [-0.1, -0.05) is 60.8 Å². The number of hydroxylamine groups is 1. The third kappa shape index (κ3) is 6.16. The maximum Gasteiger partial charge on any atom is 0.417 e. The molecule has 4 aromatic rings. The summed E-state index contributed by atoms with van der Waals surface area (Å²) in [6, 6.07) is 17.2. The highest BCUT2D eigenvalue weighted by atomic mass is 35.5. The third-order valence-corrected chi connectivity index (χ3v) is 9.20. The van der Waals surface area contributed by atoms with Crippen molar-refractivity contribution in [3.8, 4) is 0 Å². The fourth-order valence-electron chi connectivity index (χ4n) is 6.40. The lowest BCUT2D eigenvalue weighted by Crippen LogP contribution is -2.59. The van der Waals surface area contributed by atoms with Gasteiger partial charge in [0, 0.05) is 22.7 Å². The van der Waals surface area contributed by atoms with Gasteiger partial charge in [-0.25, -0.2) is 23.4 Å². The van der Waals surface area contributed by atoms with Gasteiger partial charge >= 0.3 is 5.76 Å². The molecule has 1 aliphatic carbocycles. The number of hydrogen-bond donors (Lipinski definition) is 3. The van der Waals surface area contributed by atoms with E-state index in [0.29, 0.717) is 51.2 Å². The standard InChI is InChI=1S/C31H31ClN4O7S/c1-44(40,41)35-23-8-4-5-9-25(23)36-28(19-11-13-20(32)14-12-19)27(21-6-2-3-7-22(21)30(36)38)29(37)34-42-17-18-10-15-24-26(16-18)43-31(39)33-24/h2-3,6-7,10-16,23,25,27-28,35H,4-5,8-9,17H2,1H3,(H,33,39)(H,34,37)/t23-,25?,27+,28-/m0/s1. The van der Waals surface area contributed by atoms with Crippen molar-refractivity contribution in [2.45, 2.75) is 56.3 Å². The lowest BCUT2D eigenvalue weighted by atomic mass is 9.76. The van der Waals surface area contributed by atoms with Crippen LogP contribution in [0.25, 0.3) is 11.1 Å². The number of sulfonamides is 1. The van der Waals surface area contributed by atoms with E-state index in [0.717, 1.165) is 19.1 Å². The van der Waals surface area contributed by atoms with Crippen LogP contribution in [-0.2, 0) is 26.3 Å². The molecule has 1 fully saturated rings. The van der Waals surface area contributed by atoms with E-state index in [9.17, 15) is 22.8 Å². The Morgan fingerprint density at radius 1 is 1.07 bits per heavy atom. The van der Waals surface area contributed by atoms with Crippen molar-refractivity contribution in [1.29, 1.82) is 0 Å². The molecule has 6 rings (SSSR count). The van der Waals surface area contributed by atoms with E-state index < -0.39 is 45.7 Å². The minimum Gasteiger partial charge on any atom is -0.408 e. The Hall–Kier alpha value is -3.97. The van der Waals surface area contributed by atoms with E-state index in [4.69, 9.17) is 20.9 Å². The van der Waals surface area contributed by atoms with E-state index in [-0.39, 0.29) is 12.5 Å². The molecule has 44 heavy (non-hydrogen) atoms. The molecule has 1 unspecified atom stereocenters. The fourth-order valence-corrected chi connectivity index (χ4v) is 7.35. The molecule has 0 bridgehead atoms. The number of hydrogen-bond acceptors (Lipinski definition) is 7. The van der Waals surface area contributed by atoms with Crippen molar-refractivity contribution >= 4 is 44.5 Å². The van der Waals surface area contributed by atoms with Gasteiger partial charge in [0.05, 0.1) is 30.3 Å². The van der Waals surface area contributed by atoms with Crippen molar-refractivity contribution in [2.24, 2.45) is 0 Å². The molecule has 1 aliphatic heterocycles. The van der Waals surface area contributed by atoms with Crippen molar-refractivity contribution in [1.82, 2.24) is 20.1 Å². The minimum atomic E-state index is -3.57. The van der Waals surface area contributed by atoms with Gasteiger partial charge in [0.1, 0.15) is 0 Å². The molecule has 0 radical (unpaired) electrons. The zero-order valence-corrected chi connectivity index (χ0v) is 25.4. The van der Waals surface area contributed by atoms with E-state index in [2.05, 4.69) is 15.2 Å². The second-order valence-electron chi connectivity index (χ2n) is 11.2. The molecule has 3 aromatic carbocycles. The van der Waals surface area contributed by atoms with Crippen molar-refractivity contribution in [3.63, 3.8) is 0 Å². The number of rotatable bonds is 8. The summed E-state index contributed by atoms with van der Waals surface area (Å²) in [5, 5.41) is 0.497. The van der Waals surface area contributed by atoms with Crippen LogP contribution in [0.2, 0.25) is 5.02 Å². The van der Waals surface area contributed by atoms with Crippen LogP contribution in [0.15, 0.2) is 75.9 Å². The summed E-state index contributed by atoms with van der Waals surface area (Å²) < 4.78 is 32.6. The monoisotopic (exact) mass is 638 g/mol. The van der Waals surface area contributed by atoms with Crippen LogP contribution in [0.5, 0.6) is 0 Å². The number of H-pyrrole nitrogens is 1. The first kappa shape index (κ1) is 30.1. The largest absolute Gasteiger partial charge is 0.417 e. The lowest BCUT2D eigenvalue weighted by molar-refractivity contribution is -0.138. The number of fused-ring (bicyclic) bond motifs is 2. The second-order valence-corrected chi connectivity index (χ2v) is 13.4. The van der Waals surface area contributed by atoms with Crippen LogP contribution in [0.4, 0.5) is 0 Å².